The number of benzene rings is 1. The van der Waals surface area contributed by atoms with Crippen molar-refractivity contribution in [3.63, 3.8) is 0 Å². The minimum Gasteiger partial charge on any atom is -0.504 e. The van der Waals surface area contributed by atoms with Crippen LogP contribution in [0.5, 0.6) is 11.5 Å². The van der Waals surface area contributed by atoms with E-state index in [0.717, 1.165) is 19.2 Å². The fourth-order valence-electron chi connectivity index (χ4n) is 1.23. The van der Waals surface area contributed by atoms with Gasteiger partial charge < -0.3 is 14.6 Å². The first-order valence-corrected chi connectivity index (χ1v) is 4.79. The van der Waals surface area contributed by atoms with Crippen molar-refractivity contribution in [3.05, 3.63) is 23.5 Å². The summed E-state index contributed by atoms with van der Waals surface area (Å²) in [6.45, 7) is 1.57. The molecule has 0 radical (unpaired) electrons. The Morgan fingerprint density at radius 3 is 2.59 bits per heavy atom. The van der Waals surface area contributed by atoms with Gasteiger partial charge in [0.25, 0.3) is 5.78 Å². The van der Waals surface area contributed by atoms with E-state index in [1.165, 1.54) is 6.92 Å². The molecule has 0 fully saturated rings. The van der Waals surface area contributed by atoms with Crippen LogP contribution in [0.3, 0.4) is 0 Å². The lowest BCUT2D eigenvalue weighted by atomic mass is 10.1. The van der Waals surface area contributed by atoms with Crippen molar-refractivity contribution in [2.24, 2.45) is 0 Å². The third-order valence-electron chi connectivity index (χ3n) is 1.99. The molecule has 0 aliphatic carbocycles. The van der Waals surface area contributed by atoms with E-state index in [0.29, 0.717) is 0 Å². The van der Waals surface area contributed by atoms with Gasteiger partial charge in [-0.15, -0.1) is 0 Å². The van der Waals surface area contributed by atoms with E-state index in [9.17, 15) is 19.1 Å². The first kappa shape index (κ1) is 13.0. The predicted molar refractivity (Wildman–Crippen MR) is 55.6 cm³/mol. The monoisotopic (exact) mass is 242 g/mol. The van der Waals surface area contributed by atoms with Crippen molar-refractivity contribution in [1.82, 2.24) is 0 Å². The van der Waals surface area contributed by atoms with Crippen LogP contribution in [0.15, 0.2) is 12.1 Å². The molecule has 0 heterocycles. The van der Waals surface area contributed by atoms with Crippen LogP contribution in [0.4, 0.5) is 4.39 Å². The van der Waals surface area contributed by atoms with Crippen molar-refractivity contribution in [3.8, 4) is 11.5 Å². The molecule has 0 aromatic heterocycles. The number of aromatic hydroxyl groups is 1. The topological polar surface area (TPSA) is 72.8 Å². The molecule has 0 saturated carbocycles. The highest BCUT2D eigenvalue weighted by atomic mass is 19.1. The predicted octanol–water partition coefficient (Wildman–Crippen LogP) is 1.29. The fourth-order valence-corrected chi connectivity index (χ4v) is 1.23. The molecule has 1 aromatic carbocycles. The van der Waals surface area contributed by atoms with Crippen molar-refractivity contribution in [2.75, 3.05) is 13.7 Å². The van der Waals surface area contributed by atoms with Gasteiger partial charge in [0.2, 0.25) is 0 Å². The fraction of sp³-hybridized carbons (Fsp3) is 0.273. The Hall–Kier alpha value is -2.11. The minimum absolute atomic E-state index is 0.0314. The van der Waals surface area contributed by atoms with Crippen LogP contribution in [-0.2, 0) is 9.53 Å². The third-order valence-corrected chi connectivity index (χ3v) is 1.99. The zero-order valence-electron chi connectivity index (χ0n) is 9.32. The summed E-state index contributed by atoms with van der Waals surface area (Å²) in [7, 11) is 1.14. The number of carbonyl (C=O) groups excluding carboxylic acids is 2. The Kier molecular flexibility index (Phi) is 4.03. The standard InChI is InChI=1S/C11H11FO5/c1-3-17-11(15)9(14)6-4-5-7(12)10(16-2)8(6)13/h4-5,13H,3H2,1-2H3. The maximum atomic E-state index is 13.1. The van der Waals surface area contributed by atoms with E-state index in [4.69, 9.17) is 0 Å². The summed E-state index contributed by atoms with van der Waals surface area (Å²) in [6.07, 6.45) is 0. The van der Waals surface area contributed by atoms with Crippen LogP contribution in [-0.4, -0.2) is 30.6 Å². The van der Waals surface area contributed by atoms with Crippen molar-refractivity contribution in [1.29, 1.82) is 0 Å². The highest BCUT2D eigenvalue weighted by Crippen LogP contribution is 2.32. The molecule has 17 heavy (non-hydrogen) atoms. The molecular weight excluding hydrogens is 231 g/mol. The van der Waals surface area contributed by atoms with E-state index in [2.05, 4.69) is 9.47 Å². The van der Waals surface area contributed by atoms with Crippen molar-refractivity contribution in [2.45, 2.75) is 6.92 Å². The average molecular weight is 242 g/mol. The lowest BCUT2D eigenvalue weighted by Crippen LogP contribution is -2.17. The van der Waals surface area contributed by atoms with E-state index >= 15 is 0 Å². The number of rotatable bonds is 4. The lowest BCUT2D eigenvalue weighted by Gasteiger charge is -2.08. The number of esters is 1. The van der Waals surface area contributed by atoms with E-state index < -0.39 is 29.1 Å². The summed E-state index contributed by atoms with van der Waals surface area (Å²) in [6, 6.07) is 1.91. The second kappa shape index (κ2) is 5.29. The number of hydrogen-bond acceptors (Lipinski definition) is 5. The largest absolute Gasteiger partial charge is 0.504 e. The van der Waals surface area contributed by atoms with Crippen LogP contribution in [0.25, 0.3) is 0 Å². The van der Waals surface area contributed by atoms with E-state index in [1.807, 2.05) is 0 Å². The number of phenolic OH excluding ortho intramolecular Hbond substituents is 1. The molecule has 0 aliphatic rings. The van der Waals surface area contributed by atoms with Crippen molar-refractivity contribution >= 4 is 11.8 Å². The van der Waals surface area contributed by atoms with Crippen molar-refractivity contribution < 1.29 is 28.6 Å². The second-order valence-corrected chi connectivity index (χ2v) is 3.03. The highest BCUT2D eigenvalue weighted by molar-refractivity contribution is 6.41. The minimum atomic E-state index is -1.11. The maximum absolute atomic E-state index is 13.1. The summed E-state index contributed by atoms with van der Waals surface area (Å²) in [5, 5.41) is 9.56. The zero-order chi connectivity index (χ0) is 13.0. The zero-order valence-corrected chi connectivity index (χ0v) is 9.32. The number of ether oxygens (including phenoxy) is 2. The molecule has 0 bridgehead atoms. The molecule has 1 rings (SSSR count). The summed E-state index contributed by atoms with van der Waals surface area (Å²) in [5.74, 6) is -4.20. The molecule has 0 atom stereocenters. The molecule has 1 aromatic rings. The Labute approximate surface area is 96.8 Å². The Balaban J connectivity index is 3.15. The Bertz CT molecular complexity index is 455. The van der Waals surface area contributed by atoms with Gasteiger partial charge in [0, 0.05) is 0 Å². The van der Waals surface area contributed by atoms with Crippen LogP contribution in [0, 0.1) is 5.82 Å². The number of ketones is 1. The average Bonchev–Trinajstić information content (AvgIpc) is 2.29. The third kappa shape index (κ3) is 2.52. The van der Waals surface area contributed by atoms with E-state index in [-0.39, 0.29) is 12.2 Å². The van der Waals surface area contributed by atoms with Gasteiger partial charge in [-0.3, -0.25) is 4.79 Å². The normalized spacial score (nSPS) is 9.82. The lowest BCUT2D eigenvalue weighted by molar-refractivity contribution is -0.137. The Morgan fingerprint density at radius 2 is 2.06 bits per heavy atom. The number of halogens is 1. The summed E-state index contributed by atoms with van der Waals surface area (Å²) < 4.78 is 22.2. The smallest absolute Gasteiger partial charge is 0.379 e. The number of methoxy groups -OCH3 is 1. The SMILES string of the molecule is CCOC(=O)C(=O)c1ccc(F)c(OC)c1O. The molecule has 0 aliphatic heterocycles. The van der Waals surface area contributed by atoms with Gasteiger partial charge in [0.15, 0.2) is 17.3 Å². The van der Waals surface area contributed by atoms with Gasteiger partial charge in [0.1, 0.15) is 0 Å². The molecule has 92 valence electrons. The maximum Gasteiger partial charge on any atom is 0.379 e. The molecular formula is C11H11FO5. The number of phenols is 1. The molecule has 0 amide bonds. The van der Waals surface area contributed by atoms with Crippen LogP contribution in [0.2, 0.25) is 0 Å². The molecule has 0 spiro atoms. The Morgan fingerprint density at radius 1 is 1.41 bits per heavy atom. The molecule has 0 unspecified atom stereocenters. The van der Waals surface area contributed by atoms with Crippen LogP contribution in [0.1, 0.15) is 17.3 Å². The number of carbonyl (C=O) groups is 2. The summed E-state index contributed by atoms with van der Waals surface area (Å²) in [4.78, 5) is 22.7. The molecule has 0 saturated heterocycles. The quantitative estimate of drug-likeness (QED) is 0.489. The molecule has 5 nitrogen and oxygen atoms in total. The number of hydrogen-bond donors (Lipinski definition) is 1. The second-order valence-electron chi connectivity index (χ2n) is 3.03. The summed E-state index contributed by atoms with van der Waals surface area (Å²) >= 11 is 0. The van der Waals surface area contributed by atoms with Crippen LogP contribution < -0.4 is 4.74 Å². The van der Waals surface area contributed by atoms with Crippen LogP contribution >= 0.6 is 0 Å². The molecule has 6 heteroatoms. The van der Waals surface area contributed by atoms with Gasteiger partial charge in [-0.1, -0.05) is 0 Å². The number of Topliss-reactive ketones (excluding diaryl/α,β-unsaturated/α-hetero) is 1. The first-order valence-electron chi connectivity index (χ1n) is 4.79. The van der Waals surface area contributed by atoms with Gasteiger partial charge in [-0.2, -0.15) is 0 Å². The van der Waals surface area contributed by atoms with Gasteiger partial charge in [-0.05, 0) is 19.1 Å². The molecule has 1 N–H and O–H groups in total. The summed E-state index contributed by atoms with van der Waals surface area (Å²) in [5.41, 5.74) is -0.360. The van der Waals surface area contributed by atoms with Gasteiger partial charge >= 0.3 is 5.97 Å². The van der Waals surface area contributed by atoms with Gasteiger partial charge in [0.05, 0.1) is 19.3 Å². The van der Waals surface area contributed by atoms with E-state index in [1.54, 1.807) is 0 Å². The first-order chi connectivity index (χ1) is 8.02. The highest BCUT2D eigenvalue weighted by Gasteiger charge is 2.24. The van der Waals surface area contributed by atoms with Gasteiger partial charge in [-0.25, -0.2) is 9.18 Å².